The number of aryl methyl sites for hydroxylation is 1. The van der Waals surface area contributed by atoms with Crippen LogP contribution in [0.25, 0.3) is 0 Å². The van der Waals surface area contributed by atoms with Gasteiger partial charge >= 0.3 is 0 Å². The summed E-state index contributed by atoms with van der Waals surface area (Å²) in [4.78, 5) is 27.9. The minimum Gasteiger partial charge on any atom is -0.497 e. The Morgan fingerprint density at radius 3 is 2.33 bits per heavy atom. The highest BCUT2D eigenvalue weighted by Gasteiger charge is 2.33. The summed E-state index contributed by atoms with van der Waals surface area (Å²) in [6, 6.07) is 19.3. The number of likely N-dealkylation sites (N-methyl/N-ethyl adjacent to an activating group) is 1. The van der Waals surface area contributed by atoms with E-state index in [4.69, 9.17) is 9.47 Å². The molecule has 1 unspecified atom stereocenters. The fraction of sp³-hybridized carbons (Fsp3) is 0.310. The number of para-hydroxylation sites is 2. The Kier molecular flexibility index (Phi) is 9.95. The molecule has 10 heteroatoms. The molecule has 0 bridgehead atoms. The average molecular weight is 554 g/mol. The molecule has 0 heterocycles. The molecule has 1 N–H and O–H groups in total. The number of hydrogen-bond acceptors (Lipinski definition) is 6. The fourth-order valence-electron chi connectivity index (χ4n) is 4.05. The van der Waals surface area contributed by atoms with Crippen molar-refractivity contribution in [3.8, 4) is 11.5 Å². The van der Waals surface area contributed by atoms with E-state index in [0.29, 0.717) is 18.1 Å². The Bertz CT molecular complexity index is 1390. The summed E-state index contributed by atoms with van der Waals surface area (Å²) in [7, 11) is -1.16. The van der Waals surface area contributed by atoms with Crippen LogP contribution in [0.15, 0.2) is 77.7 Å². The molecule has 0 aliphatic heterocycles. The third kappa shape index (κ3) is 7.08. The van der Waals surface area contributed by atoms with Gasteiger partial charge in [-0.2, -0.15) is 0 Å². The van der Waals surface area contributed by atoms with Crippen LogP contribution in [0.3, 0.4) is 0 Å². The first-order valence-corrected chi connectivity index (χ1v) is 14.0. The monoisotopic (exact) mass is 553 g/mol. The Labute approximate surface area is 230 Å². The Morgan fingerprint density at radius 2 is 1.69 bits per heavy atom. The van der Waals surface area contributed by atoms with Gasteiger partial charge in [-0.05, 0) is 62.7 Å². The summed E-state index contributed by atoms with van der Waals surface area (Å²) in [5.74, 6) is -0.0197. The van der Waals surface area contributed by atoms with E-state index in [1.165, 1.54) is 24.1 Å². The van der Waals surface area contributed by atoms with E-state index in [9.17, 15) is 18.0 Å². The quantitative estimate of drug-likeness (QED) is 0.366. The molecule has 0 saturated heterocycles. The Balaban J connectivity index is 2.08. The van der Waals surface area contributed by atoms with Crippen molar-refractivity contribution < 1.29 is 27.5 Å². The van der Waals surface area contributed by atoms with Crippen LogP contribution in [0.1, 0.15) is 25.0 Å². The topological polar surface area (TPSA) is 105 Å². The van der Waals surface area contributed by atoms with Crippen LogP contribution in [0.5, 0.6) is 11.5 Å². The van der Waals surface area contributed by atoms with E-state index in [2.05, 4.69) is 5.32 Å². The third-order valence-corrected chi connectivity index (χ3v) is 8.00. The number of nitrogens with zero attached hydrogens (tertiary/aromatic N) is 2. The molecule has 1 atom stereocenters. The van der Waals surface area contributed by atoms with Crippen LogP contribution in [-0.4, -0.2) is 58.5 Å². The van der Waals surface area contributed by atoms with Crippen molar-refractivity contribution in [1.82, 2.24) is 10.2 Å². The summed E-state index contributed by atoms with van der Waals surface area (Å²) in [6.45, 7) is 5.07. The zero-order valence-corrected chi connectivity index (χ0v) is 23.7. The van der Waals surface area contributed by atoms with Crippen molar-refractivity contribution in [3.05, 3.63) is 83.9 Å². The van der Waals surface area contributed by atoms with Gasteiger partial charge in [0, 0.05) is 13.6 Å². The first kappa shape index (κ1) is 29.5. The molecule has 0 spiro atoms. The molecular formula is C29H35N3O6S. The van der Waals surface area contributed by atoms with Crippen molar-refractivity contribution in [2.75, 3.05) is 31.6 Å². The molecule has 208 valence electrons. The highest BCUT2D eigenvalue weighted by molar-refractivity contribution is 7.92. The summed E-state index contributed by atoms with van der Waals surface area (Å²) >= 11 is 0. The summed E-state index contributed by atoms with van der Waals surface area (Å²) in [5, 5.41) is 2.57. The number of methoxy groups -OCH3 is 1. The number of carbonyl (C=O) groups is 2. The van der Waals surface area contributed by atoms with Crippen LogP contribution in [0.4, 0.5) is 5.69 Å². The van der Waals surface area contributed by atoms with E-state index >= 15 is 0 Å². The van der Waals surface area contributed by atoms with Gasteiger partial charge in [-0.25, -0.2) is 8.42 Å². The van der Waals surface area contributed by atoms with Gasteiger partial charge in [-0.3, -0.25) is 13.9 Å². The number of nitrogens with one attached hydrogen (secondary N) is 1. The molecule has 3 rings (SSSR count). The molecule has 39 heavy (non-hydrogen) atoms. The lowest BCUT2D eigenvalue weighted by molar-refractivity contribution is -0.139. The van der Waals surface area contributed by atoms with Gasteiger partial charge in [0.25, 0.3) is 10.0 Å². The number of hydrogen-bond donors (Lipinski definition) is 1. The van der Waals surface area contributed by atoms with Gasteiger partial charge in [0.15, 0.2) is 0 Å². The van der Waals surface area contributed by atoms with Crippen LogP contribution in [-0.2, 0) is 26.2 Å². The second-order valence-electron chi connectivity index (χ2n) is 8.89. The van der Waals surface area contributed by atoms with Gasteiger partial charge in [0.2, 0.25) is 11.8 Å². The molecule has 0 radical (unpaired) electrons. The highest BCUT2D eigenvalue weighted by Crippen LogP contribution is 2.33. The van der Waals surface area contributed by atoms with Crippen LogP contribution in [0.2, 0.25) is 0 Å². The molecule has 3 aromatic carbocycles. The lowest BCUT2D eigenvalue weighted by Crippen LogP contribution is -2.50. The molecule has 0 aromatic heterocycles. The van der Waals surface area contributed by atoms with Crippen molar-refractivity contribution in [3.63, 3.8) is 0 Å². The predicted molar refractivity (Wildman–Crippen MR) is 150 cm³/mol. The smallest absolute Gasteiger partial charge is 0.264 e. The van der Waals surface area contributed by atoms with Crippen LogP contribution >= 0.6 is 0 Å². The molecule has 3 aromatic rings. The van der Waals surface area contributed by atoms with Crippen molar-refractivity contribution in [2.24, 2.45) is 0 Å². The van der Waals surface area contributed by atoms with Crippen LogP contribution in [0, 0.1) is 6.92 Å². The average Bonchev–Trinajstić information content (AvgIpc) is 2.94. The second-order valence-corrected chi connectivity index (χ2v) is 10.8. The third-order valence-electron chi connectivity index (χ3n) is 6.22. The van der Waals surface area contributed by atoms with E-state index in [0.717, 1.165) is 15.4 Å². The largest absolute Gasteiger partial charge is 0.497 e. The number of carbonyl (C=O) groups excluding carboxylic acids is 2. The summed E-state index contributed by atoms with van der Waals surface area (Å²) in [6.07, 6.45) is 0. The number of sulfonamides is 1. The molecule has 0 aliphatic carbocycles. The lowest BCUT2D eigenvalue weighted by Gasteiger charge is -2.32. The normalized spacial score (nSPS) is 11.8. The molecule has 9 nitrogen and oxygen atoms in total. The van der Waals surface area contributed by atoms with E-state index in [1.54, 1.807) is 75.6 Å². The van der Waals surface area contributed by atoms with E-state index in [-0.39, 0.29) is 23.0 Å². The van der Waals surface area contributed by atoms with Crippen molar-refractivity contribution in [2.45, 2.75) is 38.3 Å². The number of amides is 2. The first-order chi connectivity index (χ1) is 18.6. The molecular weight excluding hydrogens is 518 g/mol. The maximum atomic E-state index is 14.0. The van der Waals surface area contributed by atoms with Crippen molar-refractivity contribution >= 4 is 27.5 Å². The van der Waals surface area contributed by atoms with Gasteiger partial charge in [0.1, 0.15) is 24.1 Å². The Morgan fingerprint density at radius 1 is 1.00 bits per heavy atom. The predicted octanol–water partition coefficient (Wildman–Crippen LogP) is 3.76. The van der Waals surface area contributed by atoms with Crippen molar-refractivity contribution in [1.29, 1.82) is 0 Å². The highest BCUT2D eigenvalue weighted by atomic mass is 32.2. The maximum Gasteiger partial charge on any atom is 0.264 e. The maximum absolute atomic E-state index is 14.0. The molecule has 0 aliphatic rings. The van der Waals surface area contributed by atoms with Gasteiger partial charge in [-0.15, -0.1) is 0 Å². The number of anilines is 1. The second kappa shape index (κ2) is 13.1. The minimum atomic E-state index is -4.19. The Hall–Kier alpha value is -4.05. The lowest BCUT2D eigenvalue weighted by atomic mass is 10.1. The van der Waals surface area contributed by atoms with E-state index < -0.39 is 28.5 Å². The molecule has 0 saturated carbocycles. The van der Waals surface area contributed by atoms with Gasteiger partial charge in [0.05, 0.1) is 24.3 Å². The summed E-state index contributed by atoms with van der Waals surface area (Å²) < 4.78 is 40.0. The number of rotatable bonds is 12. The standard InChI is InChI=1S/C29H35N3O6S/c1-6-38-27-13-8-7-12-26(27)32(39(35,36)25-16-14-21(2)15-17-25)20-28(33)31(22(3)29(34)30-4)19-23-10-9-11-24(18-23)37-5/h7-18,22H,6,19-20H2,1-5H3,(H,30,34). The molecule has 0 fully saturated rings. The molecule has 2 amide bonds. The minimum absolute atomic E-state index is 0.0332. The number of benzene rings is 3. The zero-order valence-electron chi connectivity index (χ0n) is 22.9. The van der Waals surface area contributed by atoms with Gasteiger partial charge in [-0.1, -0.05) is 42.0 Å². The summed E-state index contributed by atoms with van der Waals surface area (Å²) in [5.41, 5.74) is 1.85. The number of ether oxygens (including phenoxy) is 2. The zero-order chi connectivity index (χ0) is 28.6. The van der Waals surface area contributed by atoms with Crippen LogP contribution < -0.4 is 19.1 Å². The first-order valence-electron chi connectivity index (χ1n) is 12.6. The van der Waals surface area contributed by atoms with E-state index in [1.807, 2.05) is 13.0 Å². The van der Waals surface area contributed by atoms with Gasteiger partial charge < -0.3 is 19.7 Å². The fourth-order valence-corrected chi connectivity index (χ4v) is 5.48. The SMILES string of the molecule is CCOc1ccccc1N(CC(=O)N(Cc1cccc(OC)c1)C(C)C(=O)NC)S(=O)(=O)c1ccc(C)cc1.